The second-order valence-corrected chi connectivity index (χ2v) is 4.24. The lowest BCUT2D eigenvalue weighted by Crippen LogP contribution is -2.37. The van der Waals surface area contributed by atoms with Crippen LogP contribution in [0.2, 0.25) is 0 Å². The van der Waals surface area contributed by atoms with Crippen LogP contribution in [-0.4, -0.2) is 17.5 Å². The topological polar surface area (TPSA) is 83.7 Å². The molecule has 1 aliphatic rings. The van der Waals surface area contributed by atoms with Gasteiger partial charge >= 0.3 is 0 Å². The molecule has 0 saturated carbocycles. The van der Waals surface area contributed by atoms with E-state index in [9.17, 15) is 9.59 Å². The van der Waals surface area contributed by atoms with Gasteiger partial charge in [0.1, 0.15) is 17.2 Å². The Kier molecular flexibility index (Phi) is 3.45. The molecule has 0 unspecified atom stereocenters. The Bertz CT molecular complexity index is 504. The number of hydrazone groups is 1. The van der Waals surface area contributed by atoms with E-state index in [1.165, 1.54) is 0 Å². The van der Waals surface area contributed by atoms with Crippen molar-refractivity contribution in [2.24, 2.45) is 5.10 Å². The summed E-state index contributed by atoms with van der Waals surface area (Å²) in [5.74, 6) is 1.05. The molecule has 0 saturated heterocycles. The van der Waals surface area contributed by atoms with E-state index in [1.54, 1.807) is 0 Å². The van der Waals surface area contributed by atoms with Gasteiger partial charge in [0, 0.05) is 12.8 Å². The van der Waals surface area contributed by atoms with Gasteiger partial charge in [0.25, 0.3) is 5.91 Å². The van der Waals surface area contributed by atoms with Crippen molar-refractivity contribution in [3.63, 3.8) is 0 Å². The molecule has 2 heterocycles. The number of nitrogens with zero attached hydrogens (tertiary/aromatic N) is 1. The molecule has 6 nitrogen and oxygen atoms in total. The molecule has 1 aromatic rings. The number of furan rings is 1. The summed E-state index contributed by atoms with van der Waals surface area (Å²) in [5.41, 5.74) is 2.63. The highest BCUT2D eigenvalue weighted by molar-refractivity contribution is 6.39. The summed E-state index contributed by atoms with van der Waals surface area (Å²) < 4.78 is 5.43. The molecule has 0 fully saturated rings. The standard InChI is InChI=1S/C12H15N3O3/c1-7-3-5-10(18-7)8(2)13-12(17)9-4-6-11(16)15-14-9/h3,5,8H,4,6H2,1-2H3,(H,13,17)(H,15,16)/t8-/m1/s1. The van der Waals surface area contributed by atoms with Crippen LogP contribution in [0.3, 0.4) is 0 Å². The first kappa shape index (κ1) is 12.3. The summed E-state index contributed by atoms with van der Waals surface area (Å²) in [6, 6.07) is 3.44. The van der Waals surface area contributed by atoms with Gasteiger partial charge < -0.3 is 9.73 Å². The second kappa shape index (κ2) is 5.03. The summed E-state index contributed by atoms with van der Waals surface area (Å²) in [5, 5.41) is 6.52. The first-order valence-corrected chi connectivity index (χ1v) is 5.79. The normalized spacial score (nSPS) is 16.8. The Morgan fingerprint density at radius 1 is 1.50 bits per heavy atom. The average Bonchev–Trinajstić information content (AvgIpc) is 2.76. The number of nitrogens with one attached hydrogen (secondary N) is 2. The van der Waals surface area contributed by atoms with E-state index < -0.39 is 0 Å². The molecule has 2 amide bonds. The molecule has 1 aromatic heterocycles. The van der Waals surface area contributed by atoms with Crippen LogP contribution in [0.4, 0.5) is 0 Å². The predicted molar refractivity (Wildman–Crippen MR) is 64.8 cm³/mol. The van der Waals surface area contributed by atoms with Gasteiger partial charge in [-0.2, -0.15) is 5.10 Å². The van der Waals surface area contributed by atoms with Crippen LogP contribution in [0.25, 0.3) is 0 Å². The fourth-order valence-electron chi connectivity index (χ4n) is 1.68. The summed E-state index contributed by atoms with van der Waals surface area (Å²) >= 11 is 0. The van der Waals surface area contributed by atoms with Crippen molar-refractivity contribution in [1.82, 2.24) is 10.7 Å². The van der Waals surface area contributed by atoms with Gasteiger partial charge in [0.2, 0.25) is 5.91 Å². The minimum absolute atomic E-state index is 0.166. The fraction of sp³-hybridized carbons (Fsp3) is 0.417. The highest BCUT2D eigenvalue weighted by Crippen LogP contribution is 2.15. The molecule has 18 heavy (non-hydrogen) atoms. The fourth-order valence-corrected chi connectivity index (χ4v) is 1.68. The molecule has 2 N–H and O–H groups in total. The molecule has 0 aromatic carbocycles. The number of hydrogen-bond donors (Lipinski definition) is 2. The van der Waals surface area contributed by atoms with E-state index in [0.717, 1.165) is 5.76 Å². The molecular formula is C12H15N3O3. The molecule has 0 radical (unpaired) electrons. The van der Waals surface area contributed by atoms with Crippen LogP contribution in [-0.2, 0) is 9.59 Å². The van der Waals surface area contributed by atoms with Crippen LogP contribution >= 0.6 is 0 Å². The van der Waals surface area contributed by atoms with Crippen LogP contribution < -0.4 is 10.7 Å². The largest absolute Gasteiger partial charge is 0.464 e. The van der Waals surface area contributed by atoms with Crippen LogP contribution in [0, 0.1) is 6.92 Å². The van der Waals surface area contributed by atoms with Crippen molar-refractivity contribution in [2.45, 2.75) is 32.7 Å². The SMILES string of the molecule is Cc1ccc([C@@H](C)NC(=O)C2=NNC(=O)CC2)o1. The molecule has 1 atom stereocenters. The van der Waals surface area contributed by atoms with Gasteiger partial charge in [-0.1, -0.05) is 0 Å². The molecule has 96 valence electrons. The molecule has 0 spiro atoms. The average molecular weight is 249 g/mol. The molecular weight excluding hydrogens is 234 g/mol. The number of amides is 2. The number of aryl methyl sites for hydroxylation is 1. The Morgan fingerprint density at radius 3 is 2.83 bits per heavy atom. The van der Waals surface area contributed by atoms with Crippen LogP contribution in [0.1, 0.15) is 37.3 Å². The quantitative estimate of drug-likeness (QED) is 0.839. The Morgan fingerprint density at radius 2 is 2.28 bits per heavy atom. The molecule has 2 rings (SSSR count). The van der Waals surface area contributed by atoms with Gasteiger partial charge in [-0.3, -0.25) is 9.59 Å². The highest BCUT2D eigenvalue weighted by Gasteiger charge is 2.20. The van der Waals surface area contributed by atoms with E-state index in [1.807, 2.05) is 26.0 Å². The monoisotopic (exact) mass is 249 g/mol. The van der Waals surface area contributed by atoms with Gasteiger partial charge in [-0.05, 0) is 26.0 Å². The van der Waals surface area contributed by atoms with Gasteiger partial charge in [-0.15, -0.1) is 0 Å². The van der Waals surface area contributed by atoms with Crippen molar-refractivity contribution in [3.8, 4) is 0 Å². The van der Waals surface area contributed by atoms with Crippen molar-refractivity contribution >= 4 is 17.5 Å². The third-order valence-corrected chi connectivity index (χ3v) is 2.70. The van der Waals surface area contributed by atoms with Crippen LogP contribution in [0.15, 0.2) is 21.7 Å². The Hall–Kier alpha value is -2.11. The molecule has 0 bridgehead atoms. The first-order chi connectivity index (χ1) is 8.56. The number of hydrogen-bond acceptors (Lipinski definition) is 4. The molecule has 6 heteroatoms. The first-order valence-electron chi connectivity index (χ1n) is 5.79. The third-order valence-electron chi connectivity index (χ3n) is 2.70. The lowest BCUT2D eigenvalue weighted by Gasteiger charge is -2.15. The van der Waals surface area contributed by atoms with Gasteiger partial charge in [0.05, 0.1) is 6.04 Å². The number of rotatable bonds is 3. The van der Waals surface area contributed by atoms with E-state index in [4.69, 9.17) is 4.42 Å². The lowest BCUT2D eigenvalue weighted by molar-refractivity contribution is -0.121. The minimum Gasteiger partial charge on any atom is -0.464 e. The third kappa shape index (κ3) is 2.77. The zero-order chi connectivity index (χ0) is 13.1. The van der Waals surface area contributed by atoms with E-state index in [-0.39, 0.29) is 17.9 Å². The van der Waals surface area contributed by atoms with Crippen molar-refractivity contribution in [1.29, 1.82) is 0 Å². The zero-order valence-electron chi connectivity index (χ0n) is 10.3. The van der Waals surface area contributed by atoms with Gasteiger partial charge in [0.15, 0.2) is 0 Å². The molecule has 0 aliphatic carbocycles. The Labute approximate surface area is 104 Å². The minimum atomic E-state index is -0.281. The summed E-state index contributed by atoms with van der Waals surface area (Å²) in [4.78, 5) is 22.8. The Balaban J connectivity index is 1.97. The maximum atomic E-state index is 11.9. The maximum absolute atomic E-state index is 11.9. The smallest absolute Gasteiger partial charge is 0.268 e. The summed E-state index contributed by atoms with van der Waals surface area (Å²) in [6.07, 6.45) is 0.655. The number of carbonyl (C=O) groups is 2. The second-order valence-electron chi connectivity index (χ2n) is 4.24. The lowest BCUT2D eigenvalue weighted by atomic mass is 10.1. The zero-order valence-corrected chi connectivity index (χ0v) is 10.3. The van der Waals surface area contributed by atoms with E-state index >= 15 is 0 Å². The van der Waals surface area contributed by atoms with Crippen molar-refractivity contribution in [2.75, 3.05) is 0 Å². The predicted octanol–water partition coefficient (Wildman–Crippen LogP) is 1.03. The van der Waals surface area contributed by atoms with Crippen molar-refractivity contribution in [3.05, 3.63) is 23.7 Å². The van der Waals surface area contributed by atoms with Crippen LogP contribution in [0.5, 0.6) is 0 Å². The highest BCUT2D eigenvalue weighted by atomic mass is 16.3. The maximum Gasteiger partial charge on any atom is 0.268 e. The number of carbonyl (C=O) groups excluding carboxylic acids is 2. The van der Waals surface area contributed by atoms with Gasteiger partial charge in [-0.25, -0.2) is 5.43 Å². The van der Waals surface area contributed by atoms with Crippen molar-refractivity contribution < 1.29 is 14.0 Å². The van der Waals surface area contributed by atoms with E-state index in [0.29, 0.717) is 24.3 Å². The molecule has 1 aliphatic heterocycles. The summed E-state index contributed by atoms with van der Waals surface area (Å²) in [6.45, 7) is 3.68. The van der Waals surface area contributed by atoms with E-state index in [2.05, 4.69) is 15.8 Å². The summed E-state index contributed by atoms with van der Waals surface area (Å²) in [7, 11) is 0.